The van der Waals surface area contributed by atoms with E-state index in [2.05, 4.69) is 66.2 Å². The predicted octanol–water partition coefficient (Wildman–Crippen LogP) is 13.3. The number of rotatable bonds is 26. The van der Waals surface area contributed by atoms with Crippen molar-refractivity contribution >= 4 is 70.1 Å². The van der Waals surface area contributed by atoms with Gasteiger partial charge in [0, 0.05) is 129 Å². The second-order valence-electron chi connectivity index (χ2n) is 28.9. The molecule has 0 saturated carbocycles. The molecule has 7 heterocycles. The topological polar surface area (TPSA) is 282 Å². The van der Waals surface area contributed by atoms with Crippen molar-refractivity contribution in [1.29, 1.82) is 0 Å². The van der Waals surface area contributed by atoms with Gasteiger partial charge in [0.25, 0.3) is 11.8 Å². The average Bonchev–Trinajstić information content (AvgIpc) is 1.61. The minimum absolute atomic E-state index is 0.0356. The van der Waals surface area contributed by atoms with E-state index in [1.807, 2.05) is 61.5 Å². The van der Waals surface area contributed by atoms with Gasteiger partial charge in [-0.2, -0.15) is 26.3 Å². The lowest BCUT2D eigenvalue weighted by molar-refractivity contribution is -0.127. The number of nitrogens with zero attached hydrogens (tertiary/aromatic N) is 9. The summed E-state index contributed by atoms with van der Waals surface area (Å²) in [6, 6.07) is 14.5. The third-order valence-corrected chi connectivity index (χ3v) is 18.7. The van der Waals surface area contributed by atoms with Crippen LogP contribution in [0.1, 0.15) is 132 Å². The fraction of sp³-hybridized carbons (Fsp3) is 0.455. The van der Waals surface area contributed by atoms with Crippen molar-refractivity contribution in [2.24, 2.45) is 17.8 Å². The van der Waals surface area contributed by atoms with Gasteiger partial charge in [-0.25, -0.2) is 38.3 Å². The molecule has 11 rings (SSSR count). The molecule has 25 nitrogen and oxygen atoms in total. The molecule has 6 N–H and O–H groups in total. The zero-order valence-electron chi connectivity index (χ0n) is 62.4. The number of fused-ring (bicyclic) bond motifs is 2. The smallest absolute Gasteiger partial charge is 0.410 e. The number of hydrogen-bond donors (Lipinski definition) is 6. The number of carbonyl (C=O) groups excluding carboxylic acids is 6. The molecule has 0 bridgehead atoms. The second-order valence-corrected chi connectivity index (χ2v) is 28.9. The van der Waals surface area contributed by atoms with Crippen molar-refractivity contribution in [2.75, 3.05) is 82.6 Å². The third kappa shape index (κ3) is 21.1. The normalized spacial score (nSPS) is 15.2. The molecule has 1 unspecified atom stereocenters. The van der Waals surface area contributed by atoms with Crippen molar-refractivity contribution in [3.8, 4) is 34.0 Å². The maximum atomic E-state index is 14.9. The van der Waals surface area contributed by atoms with E-state index < -0.39 is 59.2 Å². The minimum Gasteiger partial charge on any atom is -0.444 e. The van der Waals surface area contributed by atoms with Crippen molar-refractivity contribution in [3.05, 3.63) is 143 Å². The van der Waals surface area contributed by atoms with E-state index in [-0.39, 0.29) is 81.5 Å². The maximum absolute atomic E-state index is 14.9. The Hall–Kier alpha value is -10.9. The zero-order chi connectivity index (χ0) is 79.1. The lowest BCUT2D eigenvalue weighted by Gasteiger charge is -2.33. The summed E-state index contributed by atoms with van der Waals surface area (Å²) in [5.41, 5.74) is 3.11. The van der Waals surface area contributed by atoms with Crippen LogP contribution in [0.5, 0.6) is 11.5 Å². The number of nitrogens with one attached hydrogen (secondary N) is 6. The Balaban J connectivity index is 0.000000236. The molecule has 3 saturated heterocycles. The molecule has 4 aromatic carbocycles. The van der Waals surface area contributed by atoms with E-state index in [4.69, 9.17) is 9.47 Å². The molecule has 3 aliphatic rings. The molecular weight excluding hydrogens is 1450 g/mol. The Morgan fingerprint density at radius 2 is 0.918 bits per heavy atom. The molecule has 110 heavy (non-hydrogen) atoms. The molecule has 0 radical (unpaired) electrons. The molecule has 3 aliphatic heterocycles. The van der Waals surface area contributed by atoms with E-state index in [9.17, 15) is 63.9 Å². The number of benzene rings is 4. The van der Waals surface area contributed by atoms with Crippen molar-refractivity contribution < 1.29 is 82.8 Å². The molecule has 4 aromatic heterocycles. The van der Waals surface area contributed by atoms with Gasteiger partial charge in [-0.1, -0.05) is 13.8 Å². The summed E-state index contributed by atoms with van der Waals surface area (Å²) >= 11 is 0. The number of imidazole rings is 2. The summed E-state index contributed by atoms with van der Waals surface area (Å²) < 4.78 is 131. The molecule has 0 aliphatic carbocycles. The lowest BCUT2D eigenvalue weighted by Crippen LogP contribution is -2.45. The van der Waals surface area contributed by atoms with Crippen molar-refractivity contribution in [3.63, 3.8) is 0 Å². The Morgan fingerprint density at radius 3 is 1.34 bits per heavy atom. The summed E-state index contributed by atoms with van der Waals surface area (Å²) in [5.74, 6) is -7.42. The van der Waals surface area contributed by atoms with E-state index in [0.717, 1.165) is 74.3 Å². The Kier molecular flexibility index (Phi) is 27.1. The SMILES string of the molecule is CCc1cc(Nc2nccn3c(-c4ccc(OC(F)F)c(F)c4F)cnc23)ccc1C(=O)NCCCNC(=O)C1CCN(C(=O)OC(C)(C)C)CC1.CCc1cc(Nc2nccn3c(-c4ccc(OC(F)F)c(F)c4F)cnc23)ccc1C(=O)NCCCNC(=O)C1CCN(CC2CCN(C(=O)OC(C)(C)C)C2)CC1. The number of anilines is 4. The second kappa shape index (κ2) is 36.6. The number of hydrogen-bond acceptors (Lipinski definition) is 17. The van der Waals surface area contributed by atoms with Gasteiger partial charge in [0.1, 0.15) is 11.2 Å². The first-order valence-electron chi connectivity index (χ1n) is 36.6. The van der Waals surface area contributed by atoms with Crippen LogP contribution in [0.3, 0.4) is 0 Å². The Bertz CT molecular complexity index is 4590. The highest BCUT2D eigenvalue weighted by Crippen LogP contribution is 2.36. The zero-order valence-corrected chi connectivity index (χ0v) is 62.4. The minimum atomic E-state index is -3.31. The van der Waals surface area contributed by atoms with E-state index in [1.165, 1.54) is 46.0 Å². The molecular formula is C77H91F8N15O10. The van der Waals surface area contributed by atoms with Crippen LogP contribution in [0.25, 0.3) is 33.8 Å². The molecule has 0 spiro atoms. The molecule has 1 atom stereocenters. The molecule has 6 amide bonds. The fourth-order valence-electron chi connectivity index (χ4n) is 13.2. The number of aryl methyl sites for hydroxylation is 2. The van der Waals surface area contributed by atoms with Gasteiger partial charge in [-0.15, -0.1) is 0 Å². The summed E-state index contributed by atoms with van der Waals surface area (Å²) in [4.78, 5) is 99.6. The fourth-order valence-corrected chi connectivity index (χ4v) is 13.2. The number of piperidine rings is 2. The van der Waals surface area contributed by atoms with Gasteiger partial charge >= 0.3 is 25.4 Å². The van der Waals surface area contributed by atoms with Crippen molar-refractivity contribution in [2.45, 2.75) is 138 Å². The number of aromatic nitrogens is 6. The predicted molar refractivity (Wildman–Crippen MR) is 394 cm³/mol. The Morgan fingerprint density at radius 1 is 0.509 bits per heavy atom. The molecule has 3 fully saturated rings. The van der Waals surface area contributed by atoms with Crippen molar-refractivity contribution in [1.82, 2.24) is 64.7 Å². The quantitative estimate of drug-likeness (QED) is 0.0217. The average molecular weight is 1540 g/mol. The highest BCUT2D eigenvalue weighted by molar-refractivity contribution is 5.97. The van der Waals surface area contributed by atoms with Crippen LogP contribution in [0.4, 0.5) is 67.7 Å². The number of amides is 6. The molecule has 33 heteroatoms. The van der Waals surface area contributed by atoms with E-state index in [1.54, 1.807) is 40.1 Å². The standard InChI is InChI=1S/C41H50F4N8O5.C36H41F4N7O5/c1-5-26-21-28(50-35-36-49-22-31(53(36)20-16-46-35)30-9-10-32(57-39(44)45)34(43)33(30)42)7-8-29(26)38(55)48-15-6-14-47-37(54)27-12-17-51(18-13-27)23-25-11-19-52(24-25)40(56)58-41(2,3)4;1-5-21-19-23(45-30-31-44-20-26(47(31)18-15-41-30)25-9-10-27(51-34(39)40)29(38)28(25)37)7-8-24(21)33(49)43-14-6-13-42-32(48)22-11-16-46(17-12-22)35(50)52-36(2,3)4/h7-10,16,20-22,25,27,39H,5-6,11-15,17-19,23-24H2,1-4H3,(H,46,50)(H,47,54)(H,48,55);7-10,15,18-20,22,34H,5-6,11-14,16-17H2,1-4H3,(H,41,45)(H,42,48)(H,43,49). The van der Waals surface area contributed by atoms with Crippen LogP contribution in [-0.2, 0) is 31.9 Å². The van der Waals surface area contributed by atoms with E-state index in [0.29, 0.717) is 131 Å². The van der Waals surface area contributed by atoms with Gasteiger partial charge in [0.05, 0.1) is 23.8 Å². The summed E-state index contributed by atoms with van der Waals surface area (Å²) in [5, 5.41) is 18.1. The first-order valence-corrected chi connectivity index (χ1v) is 36.6. The summed E-state index contributed by atoms with van der Waals surface area (Å²) in [6.45, 7) is 14.7. The lowest BCUT2D eigenvalue weighted by atomic mass is 9.95. The molecule has 590 valence electrons. The summed E-state index contributed by atoms with van der Waals surface area (Å²) in [7, 11) is 0. The van der Waals surface area contributed by atoms with Crippen LogP contribution < -0.4 is 41.4 Å². The maximum Gasteiger partial charge on any atom is 0.410 e. The van der Waals surface area contributed by atoms with Crippen LogP contribution >= 0.6 is 0 Å². The van der Waals surface area contributed by atoms with Gasteiger partial charge in [-0.3, -0.25) is 28.0 Å². The summed E-state index contributed by atoms with van der Waals surface area (Å²) in [6.07, 6.45) is 13.7. The number of halogens is 8. The van der Waals surface area contributed by atoms with Crippen LogP contribution in [0.15, 0.2) is 97.8 Å². The highest BCUT2D eigenvalue weighted by Gasteiger charge is 2.34. The first kappa shape index (κ1) is 81.7. The van der Waals surface area contributed by atoms with Gasteiger partial charge in [0.15, 0.2) is 46.1 Å². The third-order valence-electron chi connectivity index (χ3n) is 18.7. The van der Waals surface area contributed by atoms with Crippen LogP contribution in [-0.4, -0.2) is 176 Å². The largest absolute Gasteiger partial charge is 0.444 e. The van der Waals surface area contributed by atoms with Gasteiger partial charge in [-0.05, 0) is 190 Å². The van der Waals surface area contributed by atoms with Gasteiger partial charge < -0.3 is 65.5 Å². The number of likely N-dealkylation sites (tertiary alicyclic amines) is 3. The van der Waals surface area contributed by atoms with Crippen LogP contribution in [0, 0.1) is 41.0 Å². The van der Waals surface area contributed by atoms with Crippen LogP contribution in [0.2, 0.25) is 0 Å². The Labute approximate surface area is 630 Å². The monoisotopic (exact) mass is 1540 g/mol. The first-order chi connectivity index (χ1) is 52.4. The number of ether oxygens (including phenoxy) is 4. The number of alkyl halides is 4. The van der Waals surface area contributed by atoms with E-state index >= 15 is 0 Å². The number of carbonyl (C=O) groups is 6. The van der Waals surface area contributed by atoms with Gasteiger partial charge in [0.2, 0.25) is 23.4 Å². The molecule has 8 aromatic rings. The highest BCUT2D eigenvalue weighted by atomic mass is 19.3.